The molecule has 0 spiro atoms. The van der Waals surface area contributed by atoms with E-state index in [1.165, 1.54) is 11.3 Å². The van der Waals surface area contributed by atoms with Gasteiger partial charge in [0.2, 0.25) is 28.6 Å². The van der Waals surface area contributed by atoms with Gasteiger partial charge in [-0.15, -0.1) is 0 Å². The monoisotopic (exact) mass is 543 g/mol. The largest absolute Gasteiger partial charge is 0.454 e. The molecule has 4 rings (SSSR count). The third-order valence-electron chi connectivity index (χ3n) is 7.15. The van der Waals surface area contributed by atoms with Crippen LogP contribution in [-0.2, 0) is 26.0 Å². The Labute approximate surface area is 225 Å². The second kappa shape index (κ2) is 12.5. The molecular formula is C28H37N3O6S. The summed E-state index contributed by atoms with van der Waals surface area (Å²) in [6.07, 6.45) is 7.23. The maximum Gasteiger partial charge on any atom is 0.244 e. The Morgan fingerprint density at radius 1 is 1.03 bits per heavy atom. The number of amides is 2. The zero-order chi connectivity index (χ0) is 27.1. The quantitative estimate of drug-likeness (QED) is 0.465. The van der Waals surface area contributed by atoms with Crippen LogP contribution in [0.5, 0.6) is 11.5 Å². The van der Waals surface area contributed by atoms with Crippen molar-refractivity contribution in [2.24, 2.45) is 0 Å². The van der Waals surface area contributed by atoms with Gasteiger partial charge in [0, 0.05) is 18.7 Å². The predicted octanol–water partition coefficient (Wildman–Crippen LogP) is 3.48. The molecule has 2 aliphatic rings. The van der Waals surface area contributed by atoms with E-state index in [4.69, 9.17) is 9.47 Å². The Balaban J connectivity index is 1.57. The number of ether oxygens (including phenoxy) is 2. The Bertz CT molecular complexity index is 1210. The molecule has 1 heterocycles. The Morgan fingerprint density at radius 2 is 1.74 bits per heavy atom. The number of hydrogen-bond acceptors (Lipinski definition) is 6. The number of sulfonamides is 1. The first kappa shape index (κ1) is 27.8. The zero-order valence-corrected chi connectivity index (χ0v) is 22.9. The van der Waals surface area contributed by atoms with E-state index in [0.29, 0.717) is 30.0 Å². The van der Waals surface area contributed by atoms with Crippen molar-refractivity contribution in [1.82, 2.24) is 10.2 Å². The molecular weight excluding hydrogens is 506 g/mol. The number of benzene rings is 2. The molecule has 38 heavy (non-hydrogen) atoms. The lowest BCUT2D eigenvalue weighted by Gasteiger charge is -2.34. The molecule has 0 bridgehead atoms. The number of fused-ring (bicyclic) bond motifs is 1. The van der Waals surface area contributed by atoms with Crippen LogP contribution in [0.3, 0.4) is 0 Å². The second-order valence-corrected chi connectivity index (χ2v) is 11.8. The molecule has 1 aliphatic carbocycles. The van der Waals surface area contributed by atoms with Crippen molar-refractivity contribution in [3.8, 4) is 11.5 Å². The summed E-state index contributed by atoms with van der Waals surface area (Å²) in [5, 5.41) is 3.15. The summed E-state index contributed by atoms with van der Waals surface area (Å²) >= 11 is 0. The van der Waals surface area contributed by atoms with Gasteiger partial charge in [-0.1, -0.05) is 56.5 Å². The molecule has 0 aromatic heterocycles. The third kappa shape index (κ3) is 6.98. The number of rotatable bonds is 11. The molecule has 10 heteroatoms. The van der Waals surface area contributed by atoms with Crippen LogP contribution in [0.15, 0.2) is 48.5 Å². The van der Waals surface area contributed by atoms with E-state index in [0.717, 1.165) is 41.8 Å². The average molecular weight is 544 g/mol. The number of carbonyl (C=O) groups is 2. The molecule has 0 unspecified atom stereocenters. The van der Waals surface area contributed by atoms with Crippen LogP contribution < -0.4 is 19.1 Å². The highest BCUT2D eigenvalue weighted by Crippen LogP contribution is 2.36. The van der Waals surface area contributed by atoms with E-state index in [-0.39, 0.29) is 25.3 Å². The summed E-state index contributed by atoms with van der Waals surface area (Å²) in [6.45, 7) is 1.79. The molecule has 2 aromatic carbocycles. The van der Waals surface area contributed by atoms with Crippen molar-refractivity contribution in [3.05, 3.63) is 54.1 Å². The summed E-state index contributed by atoms with van der Waals surface area (Å²) in [6, 6.07) is 13.9. The molecule has 1 N–H and O–H groups in total. The molecule has 0 radical (unpaired) electrons. The smallest absolute Gasteiger partial charge is 0.244 e. The average Bonchev–Trinajstić information content (AvgIpc) is 3.38. The molecule has 1 atom stereocenters. The molecule has 1 saturated carbocycles. The first-order chi connectivity index (χ1) is 18.3. The maximum atomic E-state index is 13.8. The molecule has 2 amide bonds. The van der Waals surface area contributed by atoms with Crippen LogP contribution in [0.4, 0.5) is 5.69 Å². The highest BCUT2D eigenvalue weighted by Gasteiger charge is 2.33. The van der Waals surface area contributed by atoms with Crippen molar-refractivity contribution in [2.45, 2.75) is 64.0 Å². The molecule has 1 aliphatic heterocycles. The highest BCUT2D eigenvalue weighted by molar-refractivity contribution is 7.92. The van der Waals surface area contributed by atoms with Gasteiger partial charge in [0.15, 0.2) is 11.5 Å². The van der Waals surface area contributed by atoms with Crippen LogP contribution in [-0.4, -0.2) is 63.4 Å². The van der Waals surface area contributed by atoms with Crippen LogP contribution in [0.25, 0.3) is 0 Å². The van der Waals surface area contributed by atoms with Gasteiger partial charge in [-0.2, -0.15) is 0 Å². The number of carbonyl (C=O) groups excluding carboxylic acids is 2. The van der Waals surface area contributed by atoms with Crippen molar-refractivity contribution >= 4 is 27.5 Å². The Hall–Kier alpha value is -3.27. The van der Waals surface area contributed by atoms with E-state index >= 15 is 0 Å². The topological polar surface area (TPSA) is 105 Å². The zero-order valence-electron chi connectivity index (χ0n) is 22.1. The standard InChI is InChI=1S/C28H37N3O6S/c1-3-24(28(33)29-22-12-8-5-9-13-22)30(17-16-21-10-6-4-7-11-21)27(32)19-31(38(2,34)35)23-14-15-25-26(18-23)37-20-36-25/h4,6-7,10-11,14-15,18,22,24H,3,5,8-9,12-13,16-17,19-20H2,1-2H3,(H,29,33)/t24-/m0/s1. The molecule has 206 valence electrons. The fourth-order valence-electron chi connectivity index (χ4n) is 5.09. The lowest BCUT2D eigenvalue weighted by molar-refractivity contribution is -0.140. The van der Waals surface area contributed by atoms with Gasteiger partial charge in [0.05, 0.1) is 11.9 Å². The number of nitrogens with one attached hydrogen (secondary N) is 1. The highest BCUT2D eigenvalue weighted by atomic mass is 32.2. The van der Waals surface area contributed by atoms with Gasteiger partial charge < -0.3 is 19.7 Å². The van der Waals surface area contributed by atoms with Crippen LogP contribution >= 0.6 is 0 Å². The van der Waals surface area contributed by atoms with Crippen LogP contribution in [0.1, 0.15) is 51.0 Å². The van der Waals surface area contributed by atoms with Crippen LogP contribution in [0, 0.1) is 0 Å². The minimum atomic E-state index is -3.82. The van der Waals surface area contributed by atoms with Gasteiger partial charge in [-0.3, -0.25) is 13.9 Å². The van der Waals surface area contributed by atoms with Gasteiger partial charge in [-0.05, 0) is 43.4 Å². The van der Waals surface area contributed by atoms with Crippen molar-refractivity contribution in [1.29, 1.82) is 0 Å². The van der Waals surface area contributed by atoms with Gasteiger partial charge in [0.25, 0.3) is 0 Å². The summed E-state index contributed by atoms with van der Waals surface area (Å²) in [5.41, 5.74) is 1.33. The number of hydrogen-bond donors (Lipinski definition) is 1. The third-order valence-corrected chi connectivity index (χ3v) is 8.29. The minimum absolute atomic E-state index is 0.0537. The summed E-state index contributed by atoms with van der Waals surface area (Å²) in [7, 11) is -3.82. The molecule has 9 nitrogen and oxygen atoms in total. The summed E-state index contributed by atoms with van der Waals surface area (Å²) < 4.78 is 37.4. The fraction of sp³-hybridized carbons (Fsp3) is 0.500. The van der Waals surface area contributed by atoms with Crippen LogP contribution in [0.2, 0.25) is 0 Å². The lowest BCUT2D eigenvalue weighted by Crippen LogP contribution is -2.54. The minimum Gasteiger partial charge on any atom is -0.454 e. The molecule has 1 fully saturated rings. The van der Waals surface area contributed by atoms with Crippen molar-refractivity contribution in [3.63, 3.8) is 0 Å². The molecule has 0 saturated heterocycles. The van der Waals surface area contributed by atoms with E-state index in [1.54, 1.807) is 18.2 Å². The maximum absolute atomic E-state index is 13.8. The first-order valence-electron chi connectivity index (χ1n) is 13.3. The Morgan fingerprint density at radius 3 is 2.42 bits per heavy atom. The Kier molecular flexibility index (Phi) is 9.14. The van der Waals surface area contributed by atoms with E-state index in [9.17, 15) is 18.0 Å². The first-order valence-corrected chi connectivity index (χ1v) is 15.1. The second-order valence-electron chi connectivity index (χ2n) is 9.90. The van der Waals surface area contributed by atoms with Crippen molar-refractivity contribution < 1.29 is 27.5 Å². The summed E-state index contributed by atoms with van der Waals surface area (Å²) in [5.74, 6) is 0.315. The SMILES string of the molecule is CC[C@@H](C(=O)NC1CCCCC1)N(CCc1ccccc1)C(=O)CN(c1ccc2c(c1)OCO2)S(C)(=O)=O. The van der Waals surface area contributed by atoms with Gasteiger partial charge in [-0.25, -0.2) is 8.42 Å². The number of anilines is 1. The van der Waals surface area contributed by atoms with Gasteiger partial charge >= 0.3 is 0 Å². The van der Waals surface area contributed by atoms with E-state index in [1.807, 2.05) is 37.3 Å². The fourth-order valence-corrected chi connectivity index (χ4v) is 5.94. The lowest BCUT2D eigenvalue weighted by atomic mass is 9.95. The van der Waals surface area contributed by atoms with Gasteiger partial charge in [0.1, 0.15) is 12.6 Å². The van der Waals surface area contributed by atoms with E-state index < -0.39 is 28.5 Å². The summed E-state index contributed by atoms with van der Waals surface area (Å²) in [4.78, 5) is 28.8. The number of nitrogens with zero attached hydrogens (tertiary/aromatic N) is 2. The van der Waals surface area contributed by atoms with E-state index in [2.05, 4.69) is 5.32 Å². The normalized spacial score (nSPS) is 16.1. The molecule has 2 aromatic rings. The predicted molar refractivity (Wildman–Crippen MR) is 146 cm³/mol. The van der Waals surface area contributed by atoms with Crippen molar-refractivity contribution in [2.75, 3.05) is 30.4 Å².